The second-order valence-electron chi connectivity index (χ2n) is 4.45. The van der Waals surface area contributed by atoms with Crippen LogP contribution in [-0.4, -0.2) is 25.3 Å². The van der Waals surface area contributed by atoms with Crippen molar-refractivity contribution >= 4 is 0 Å². The van der Waals surface area contributed by atoms with Gasteiger partial charge in [0.25, 0.3) is 0 Å². The van der Waals surface area contributed by atoms with E-state index in [1.807, 2.05) is 0 Å². The zero-order chi connectivity index (χ0) is 9.15. The molecular formula is C11H21NO. The van der Waals surface area contributed by atoms with Gasteiger partial charge in [0.2, 0.25) is 0 Å². The van der Waals surface area contributed by atoms with Crippen LogP contribution in [0.2, 0.25) is 0 Å². The van der Waals surface area contributed by atoms with Crippen LogP contribution in [0.3, 0.4) is 0 Å². The Morgan fingerprint density at radius 2 is 2.38 bits per heavy atom. The van der Waals surface area contributed by atoms with Crippen LogP contribution in [0, 0.1) is 5.92 Å². The van der Waals surface area contributed by atoms with Gasteiger partial charge in [0.15, 0.2) is 0 Å². The molecule has 0 aromatic heterocycles. The lowest BCUT2D eigenvalue weighted by molar-refractivity contribution is 0.0140. The Balaban J connectivity index is 2.01. The lowest BCUT2D eigenvalue weighted by Crippen LogP contribution is -2.49. The van der Waals surface area contributed by atoms with Crippen molar-refractivity contribution in [3.8, 4) is 0 Å². The van der Waals surface area contributed by atoms with E-state index < -0.39 is 0 Å². The Hall–Kier alpha value is -0.0800. The summed E-state index contributed by atoms with van der Waals surface area (Å²) in [5.74, 6) is 0.772. The summed E-state index contributed by atoms with van der Waals surface area (Å²) in [5.41, 5.74) is 0.431. The Morgan fingerprint density at radius 3 is 2.92 bits per heavy atom. The second kappa shape index (κ2) is 3.97. The zero-order valence-corrected chi connectivity index (χ0v) is 8.64. The van der Waals surface area contributed by atoms with E-state index in [9.17, 15) is 0 Å². The lowest BCUT2D eigenvalue weighted by Gasteiger charge is -2.39. The minimum absolute atomic E-state index is 0.431. The van der Waals surface area contributed by atoms with Crippen LogP contribution in [0.4, 0.5) is 0 Å². The van der Waals surface area contributed by atoms with Crippen molar-refractivity contribution in [3.63, 3.8) is 0 Å². The number of ether oxygens (including phenoxy) is 1. The highest BCUT2D eigenvalue weighted by Gasteiger charge is 2.39. The summed E-state index contributed by atoms with van der Waals surface area (Å²) in [6, 6.07) is 0. The second-order valence-corrected chi connectivity index (χ2v) is 4.45. The molecule has 2 heterocycles. The van der Waals surface area contributed by atoms with Crippen molar-refractivity contribution in [2.45, 2.75) is 44.6 Å². The molecule has 1 N–H and O–H groups in total. The van der Waals surface area contributed by atoms with Crippen LogP contribution in [0.15, 0.2) is 0 Å². The largest absolute Gasteiger partial charge is 0.381 e. The van der Waals surface area contributed by atoms with E-state index >= 15 is 0 Å². The van der Waals surface area contributed by atoms with Crippen LogP contribution in [-0.2, 0) is 4.74 Å². The Labute approximate surface area is 81.0 Å². The van der Waals surface area contributed by atoms with E-state index in [1.165, 1.54) is 38.6 Å². The van der Waals surface area contributed by atoms with E-state index in [-0.39, 0.29) is 0 Å². The quantitative estimate of drug-likeness (QED) is 0.706. The van der Waals surface area contributed by atoms with E-state index in [2.05, 4.69) is 12.2 Å². The fourth-order valence-corrected chi connectivity index (χ4v) is 2.95. The average molecular weight is 183 g/mol. The van der Waals surface area contributed by atoms with Gasteiger partial charge in [-0.15, -0.1) is 0 Å². The predicted molar refractivity (Wildman–Crippen MR) is 53.8 cm³/mol. The normalized spacial score (nSPS) is 40.8. The summed E-state index contributed by atoms with van der Waals surface area (Å²) >= 11 is 0. The molecule has 2 aliphatic rings. The van der Waals surface area contributed by atoms with E-state index in [1.54, 1.807) is 0 Å². The van der Waals surface area contributed by atoms with Gasteiger partial charge in [-0.25, -0.2) is 0 Å². The molecule has 0 amide bonds. The molecular weight excluding hydrogens is 162 g/mol. The highest BCUT2D eigenvalue weighted by Crippen LogP contribution is 2.35. The van der Waals surface area contributed by atoms with Crippen molar-refractivity contribution in [1.82, 2.24) is 5.32 Å². The first-order valence-electron chi connectivity index (χ1n) is 5.70. The highest BCUT2D eigenvalue weighted by atomic mass is 16.5. The third-order valence-electron chi connectivity index (χ3n) is 3.85. The van der Waals surface area contributed by atoms with Crippen LogP contribution >= 0.6 is 0 Å². The minimum Gasteiger partial charge on any atom is -0.381 e. The number of rotatable bonds is 2. The van der Waals surface area contributed by atoms with Gasteiger partial charge in [0.1, 0.15) is 0 Å². The molecule has 2 heteroatoms. The van der Waals surface area contributed by atoms with Gasteiger partial charge in [-0.3, -0.25) is 0 Å². The number of nitrogens with one attached hydrogen (secondary N) is 1. The molecule has 0 aromatic carbocycles. The first-order chi connectivity index (χ1) is 6.37. The molecule has 2 saturated heterocycles. The molecule has 0 aliphatic carbocycles. The summed E-state index contributed by atoms with van der Waals surface area (Å²) in [6.07, 6.45) is 6.60. The molecule has 2 unspecified atom stereocenters. The molecule has 76 valence electrons. The van der Waals surface area contributed by atoms with Crippen LogP contribution < -0.4 is 5.32 Å². The van der Waals surface area contributed by atoms with Crippen molar-refractivity contribution in [3.05, 3.63) is 0 Å². The van der Waals surface area contributed by atoms with E-state index in [0.717, 1.165) is 19.1 Å². The summed E-state index contributed by atoms with van der Waals surface area (Å²) in [7, 11) is 0. The summed E-state index contributed by atoms with van der Waals surface area (Å²) in [4.78, 5) is 0. The third-order valence-corrected chi connectivity index (χ3v) is 3.85. The van der Waals surface area contributed by atoms with Crippen molar-refractivity contribution < 1.29 is 4.74 Å². The maximum Gasteiger partial charge on any atom is 0.0511 e. The molecule has 0 saturated carbocycles. The molecule has 2 fully saturated rings. The topological polar surface area (TPSA) is 21.3 Å². The van der Waals surface area contributed by atoms with Crippen LogP contribution in [0.1, 0.15) is 39.0 Å². The maximum atomic E-state index is 5.58. The van der Waals surface area contributed by atoms with Gasteiger partial charge < -0.3 is 10.1 Å². The lowest BCUT2D eigenvalue weighted by atomic mass is 9.77. The Morgan fingerprint density at radius 1 is 1.46 bits per heavy atom. The van der Waals surface area contributed by atoms with Crippen LogP contribution in [0.25, 0.3) is 0 Å². The average Bonchev–Trinajstić information content (AvgIpc) is 2.69. The molecule has 2 atom stereocenters. The SMILES string of the molecule is CCC1(C2CCCOC2)CCCN1. The molecule has 2 rings (SSSR count). The number of hydrogen-bond donors (Lipinski definition) is 1. The van der Waals surface area contributed by atoms with Gasteiger partial charge in [-0.05, 0) is 38.6 Å². The molecule has 13 heavy (non-hydrogen) atoms. The molecule has 0 spiro atoms. The van der Waals surface area contributed by atoms with Gasteiger partial charge >= 0.3 is 0 Å². The molecule has 0 bridgehead atoms. The van der Waals surface area contributed by atoms with Crippen LogP contribution in [0.5, 0.6) is 0 Å². The summed E-state index contributed by atoms with van der Waals surface area (Å²) in [5, 5.41) is 3.71. The van der Waals surface area contributed by atoms with Gasteiger partial charge in [-0.2, -0.15) is 0 Å². The first kappa shape index (κ1) is 9.47. The highest BCUT2D eigenvalue weighted by molar-refractivity contribution is 4.97. The number of hydrogen-bond acceptors (Lipinski definition) is 2. The Bertz CT molecular complexity index is 157. The molecule has 0 radical (unpaired) electrons. The molecule has 0 aromatic rings. The summed E-state index contributed by atoms with van der Waals surface area (Å²) < 4.78 is 5.58. The molecule has 2 nitrogen and oxygen atoms in total. The Kier molecular flexibility index (Phi) is 2.89. The van der Waals surface area contributed by atoms with Crippen molar-refractivity contribution in [2.24, 2.45) is 5.92 Å². The zero-order valence-electron chi connectivity index (χ0n) is 8.64. The fourth-order valence-electron chi connectivity index (χ4n) is 2.95. The summed E-state index contributed by atoms with van der Waals surface area (Å²) in [6.45, 7) is 5.49. The van der Waals surface area contributed by atoms with Crippen molar-refractivity contribution in [2.75, 3.05) is 19.8 Å². The smallest absolute Gasteiger partial charge is 0.0511 e. The van der Waals surface area contributed by atoms with E-state index in [4.69, 9.17) is 4.74 Å². The van der Waals surface area contributed by atoms with Gasteiger partial charge in [-0.1, -0.05) is 6.92 Å². The predicted octanol–water partition coefficient (Wildman–Crippen LogP) is 1.95. The molecule has 2 aliphatic heterocycles. The van der Waals surface area contributed by atoms with Gasteiger partial charge in [0, 0.05) is 18.1 Å². The minimum atomic E-state index is 0.431. The van der Waals surface area contributed by atoms with E-state index in [0.29, 0.717) is 5.54 Å². The van der Waals surface area contributed by atoms with Crippen molar-refractivity contribution in [1.29, 1.82) is 0 Å². The fraction of sp³-hybridized carbons (Fsp3) is 1.00. The monoisotopic (exact) mass is 183 g/mol. The first-order valence-corrected chi connectivity index (χ1v) is 5.70. The van der Waals surface area contributed by atoms with Gasteiger partial charge in [0.05, 0.1) is 6.61 Å². The third kappa shape index (κ3) is 1.75. The maximum absolute atomic E-state index is 5.58. The standard InChI is InChI=1S/C11H21NO/c1-2-11(6-4-7-12-11)10-5-3-8-13-9-10/h10,12H,2-9H2,1H3.